The molecule has 0 spiro atoms. The summed E-state index contributed by atoms with van der Waals surface area (Å²) in [7, 11) is 0. The molecule has 0 aliphatic rings. The fourth-order valence-corrected chi connectivity index (χ4v) is 0. The van der Waals surface area contributed by atoms with Crippen LogP contribution in [0.1, 0.15) is 0 Å². The first-order valence-electron chi connectivity index (χ1n) is 0. The predicted molar refractivity (Wildman–Crippen MR) is 11.5 cm³/mol. The Bertz CT molecular complexity index is 11.6. The summed E-state index contributed by atoms with van der Waals surface area (Å²) < 4.78 is 0. The van der Waals surface area contributed by atoms with Gasteiger partial charge in [-0.05, 0) is 0 Å². The molecule has 0 saturated carbocycles. The van der Waals surface area contributed by atoms with Gasteiger partial charge in [0.05, 0.1) is 0 Å². The summed E-state index contributed by atoms with van der Waals surface area (Å²) in [5.74, 6) is 0. The van der Waals surface area contributed by atoms with Gasteiger partial charge in [0, 0.05) is 99.6 Å². The summed E-state index contributed by atoms with van der Waals surface area (Å²) in [6, 6.07) is 0. The predicted octanol–water partition coefficient (Wildman–Crippen LogP) is -0.769. The Morgan fingerprint density at radius 2 is 1.00 bits per heavy atom. The summed E-state index contributed by atoms with van der Waals surface area (Å²) >= 11 is 0. The average molecular weight is 204 g/mol. The van der Waals surface area contributed by atoms with Crippen molar-refractivity contribution in [1.29, 1.82) is 0 Å². The summed E-state index contributed by atoms with van der Waals surface area (Å²) in [6.45, 7) is 0. The van der Waals surface area contributed by atoms with Crippen molar-refractivity contribution in [2.75, 3.05) is 0 Å². The molecule has 0 heterocycles. The van der Waals surface area contributed by atoms with Crippen molar-refractivity contribution in [3.05, 3.63) is 0 Å². The van der Waals surface area contributed by atoms with E-state index in [0.717, 1.165) is 0 Å². The van der Waals surface area contributed by atoms with Crippen molar-refractivity contribution in [1.82, 2.24) is 0 Å². The molecule has 0 aliphatic heterocycles. The van der Waals surface area contributed by atoms with Gasteiger partial charge >= 0.3 is 0 Å². The Labute approximate surface area is 97.9 Å². The third-order valence-corrected chi connectivity index (χ3v) is 0. The zero-order valence-electron chi connectivity index (χ0n) is 3.03. The molecule has 0 atom stereocenters. The van der Waals surface area contributed by atoms with Crippen LogP contribution in [-0.2, 0) is 51.2 Å². The molecular weight excluding hydrogens is 204 g/mol. The molecule has 0 N–H and O–H groups in total. The van der Waals surface area contributed by atoms with Crippen LogP contribution in [0.25, 0.3) is 0 Å². The minimum absolute atomic E-state index is 0. The van der Waals surface area contributed by atoms with Crippen LogP contribution in [0, 0.1) is 0 Å². The Balaban J connectivity index is 0. The van der Waals surface area contributed by atoms with Gasteiger partial charge in [-0.25, -0.2) is 0 Å². The Morgan fingerprint density at radius 1 is 1.00 bits per heavy atom. The van der Waals surface area contributed by atoms with Gasteiger partial charge in [-0.2, -0.15) is 0 Å². The topological polar surface area (TPSA) is 0 Å². The molecule has 5 heavy (non-hydrogen) atoms. The van der Waals surface area contributed by atoms with Crippen molar-refractivity contribution in [2.45, 2.75) is 0 Å². The summed E-state index contributed by atoms with van der Waals surface area (Å²) in [4.78, 5) is 0. The molecule has 5 heteroatoms. The molecule has 0 nitrogen and oxygen atoms in total. The fraction of sp³-hybridized carbons (Fsp3) is 0. The van der Waals surface area contributed by atoms with E-state index in [9.17, 15) is 0 Å². The molecule has 0 aliphatic carbocycles. The number of hydrogen-bond acceptors (Lipinski definition) is 0. The van der Waals surface area contributed by atoms with E-state index in [-0.39, 0.29) is 99.6 Å². The molecule has 28 valence electrons. The van der Waals surface area contributed by atoms with E-state index in [0.29, 0.717) is 0 Å². The average Bonchev–Trinajstić information content (AvgIpc) is 0. The van der Waals surface area contributed by atoms with Gasteiger partial charge in [0.15, 0.2) is 0 Å². The maximum Gasteiger partial charge on any atom is 0 e. The van der Waals surface area contributed by atoms with E-state index >= 15 is 0 Å². The Morgan fingerprint density at radius 3 is 1.00 bits per heavy atom. The van der Waals surface area contributed by atoms with Crippen LogP contribution in [0.3, 0.4) is 0 Å². The molecule has 0 rings (SSSR count). The molecular formula is CuFeLiMnNa. The smallest absolute Gasteiger partial charge is 0 e. The monoisotopic (exact) mass is 204 g/mol. The van der Waals surface area contributed by atoms with Gasteiger partial charge in [-0.3, -0.25) is 0 Å². The maximum absolute atomic E-state index is 0. The van der Waals surface area contributed by atoms with Gasteiger partial charge in [-0.1, -0.05) is 0 Å². The second-order valence-corrected chi connectivity index (χ2v) is 0. The number of rotatable bonds is 0. The van der Waals surface area contributed by atoms with Crippen LogP contribution in [0.4, 0.5) is 0 Å². The third kappa shape index (κ3) is 19.1. The fourth-order valence-electron chi connectivity index (χ4n) is 0. The van der Waals surface area contributed by atoms with Crippen LogP contribution in [-0.4, -0.2) is 48.4 Å². The minimum atomic E-state index is 0. The molecule has 0 unspecified atom stereocenters. The van der Waals surface area contributed by atoms with E-state index in [4.69, 9.17) is 0 Å². The maximum atomic E-state index is 0. The molecule has 0 aromatic carbocycles. The molecule has 0 fully saturated rings. The van der Waals surface area contributed by atoms with E-state index in [1.54, 1.807) is 0 Å². The Hall–Kier alpha value is 3.16. The van der Waals surface area contributed by atoms with Crippen molar-refractivity contribution in [3.8, 4) is 0 Å². The van der Waals surface area contributed by atoms with Crippen LogP contribution in [0.2, 0.25) is 0 Å². The van der Waals surface area contributed by atoms with Gasteiger partial charge in [-0.15, -0.1) is 0 Å². The third-order valence-electron chi connectivity index (χ3n) is 0. The zero-order chi connectivity index (χ0) is 0. The molecule has 0 amide bonds. The van der Waals surface area contributed by atoms with Crippen LogP contribution in [0.15, 0.2) is 0 Å². The SMILES string of the molecule is [Cu].[Fe].[Li].[Mn].[Na]. The van der Waals surface area contributed by atoms with Crippen LogP contribution >= 0.6 is 0 Å². The van der Waals surface area contributed by atoms with Gasteiger partial charge < -0.3 is 0 Å². The summed E-state index contributed by atoms with van der Waals surface area (Å²) in [5, 5.41) is 0. The van der Waals surface area contributed by atoms with Crippen molar-refractivity contribution in [3.63, 3.8) is 0 Å². The molecule has 0 saturated heterocycles. The molecule has 4 radical (unpaired) electrons. The zero-order valence-corrected chi connectivity index (χ0v) is 8.26. The standard InChI is InChI=1S/Cu.Fe.Li.Mn.Na. The molecule has 0 bridgehead atoms. The first-order chi connectivity index (χ1) is 0. The van der Waals surface area contributed by atoms with Gasteiger partial charge in [0.1, 0.15) is 0 Å². The van der Waals surface area contributed by atoms with Crippen LogP contribution < -0.4 is 0 Å². The van der Waals surface area contributed by atoms with Crippen molar-refractivity contribution >= 4 is 48.4 Å². The first-order valence-corrected chi connectivity index (χ1v) is 0. The summed E-state index contributed by atoms with van der Waals surface area (Å²) in [6.07, 6.45) is 0. The van der Waals surface area contributed by atoms with Crippen LogP contribution in [0.5, 0.6) is 0 Å². The minimum Gasteiger partial charge on any atom is 0 e. The summed E-state index contributed by atoms with van der Waals surface area (Å²) in [5.41, 5.74) is 0. The van der Waals surface area contributed by atoms with E-state index < -0.39 is 0 Å². The first kappa shape index (κ1) is 41.9. The number of hydrogen-bond donors (Lipinski definition) is 0. The largest absolute Gasteiger partial charge is 0 e. The van der Waals surface area contributed by atoms with Crippen molar-refractivity contribution in [2.24, 2.45) is 0 Å². The normalized spacial score (nSPS) is 0. The van der Waals surface area contributed by atoms with E-state index in [2.05, 4.69) is 0 Å². The van der Waals surface area contributed by atoms with Gasteiger partial charge in [0.25, 0.3) is 0 Å². The molecule has 0 aromatic rings. The van der Waals surface area contributed by atoms with E-state index in [1.807, 2.05) is 0 Å². The second-order valence-electron chi connectivity index (χ2n) is 0. The van der Waals surface area contributed by atoms with Gasteiger partial charge in [0.2, 0.25) is 0 Å². The quantitative estimate of drug-likeness (QED) is 0.455. The Kier molecular flexibility index (Phi) is 228. The van der Waals surface area contributed by atoms with E-state index in [1.165, 1.54) is 0 Å². The molecule has 0 aromatic heterocycles. The second kappa shape index (κ2) is 27.2. The van der Waals surface area contributed by atoms with Crippen molar-refractivity contribution < 1.29 is 51.2 Å².